The van der Waals surface area contributed by atoms with Crippen molar-refractivity contribution in [3.63, 3.8) is 0 Å². The average Bonchev–Trinajstić information content (AvgIpc) is 3.04. The second-order valence-electron chi connectivity index (χ2n) is 8.82. The van der Waals surface area contributed by atoms with Crippen LogP contribution in [0.2, 0.25) is 0 Å². The number of phenols is 3. The van der Waals surface area contributed by atoms with E-state index in [1.54, 1.807) is 72.8 Å². The number of rotatable bonds is 3. The summed E-state index contributed by atoms with van der Waals surface area (Å²) >= 11 is 0. The number of hydrogen-bond acceptors (Lipinski definition) is 4. The van der Waals surface area contributed by atoms with E-state index in [0.717, 1.165) is 15.6 Å². The zero-order chi connectivity index (χ0) is 29.2. The molecule has 0 amide bonds. The third-order valence-electron chi connectivity index (χ3n) is 5.84. The van der Waals surface area contributed by atoms with E-state index in [-0.39, 0.29) is 21.7 Å². The molecule has 0 unspecified atom stereocenters. The van der Waals surface area contributed by atoms with Crippen molar-refractivity contribution < 1.29 is 41.8 Å². The number of benzene rings is 6. The van der Waals surface area contributed by atoms with Crippen molar-refractivity contribution in [2.75, 3.05) is 0 Å². The molecule has 6 heteroatoms. The first kappa shape index (κ1) is 33.8. The van der Waals surface area contributed by atoms with E-state index >= 15 is 0 Å². The molecule has 0 bridgehead atoms. The molecule has 4 nitrogen and oxygen atoms in total. The van der Waals surface area contributed by atoms with E-state index in [1.807, 2.05) is 109 Å². The molecule has 0 radical (unpaired) electrons. The molecule has 0 spiro atoms. The van der Waals surface area contributed by atoms with Gasteiger partial charge in [-0.05, 0) is 52.0 Å². The van der Waals surface area contributed by atoms with E-state index < -0.39 is 8.32 Å². The Morgan fingerprint density at radius 2 is 0.452 bits per heavy atom. The molecular weight excluding hydrogens is 572 g/mol. The third-order valence-corrected chi connectivity index (χ3v) is 9.35. The van der Waals surface area contributed by atoms with Crippen molar-refractivity contribution in [3.8, 4) is 17.2 Å². The Labute approximate surface area is 263 Å². The maximum Gasteiger partial charge on any atom is 0.285 e. The van der Waals surface area contributed by atoms with Crippen LogP contribution in [0, 0.1) is 0 Å². The summed E-state index contributed by atoms with van der Waals surface area (Å²) in [5.74, 6) is 0.965. The van der Waals surface area contributed by atoms with Crippen LogP contribution in [0.4, 0.5) is 0 Å². The Bertz CT molecular complexity index is 1310. The summed E-state index contributed by atoms with van der Waals surface area (Å²) in [7, 11) is -2.88. The predicted octanol–water partition coefficient (Wildman–Crippen LogP) is 5.82. The second kappa shape index (κ2) is 18.9. The molecule has 0 aliphatic carbocycles. The van der Waals surface area contributed by atoms with Gasteiger partial charge in [-0.15, -0.1) is 0 Å². The molecule has 0 fully saturated rings. The minimum atomic E-state index is -2.88. The van der Waals surface area contributed by atoms with E-state index in [2.05, 4.69) is 0 Å². The Hall–Kier alpha value is -4.39. The van der Waals surface area contributed by atoms with Crippen LogP contribution in [0.15, 0.2) is 182 Å². The van der Waals surface area contributed by atoms with Gasteiger partial charge in [0.15, 0.2) is 0 Å². The summed E-state index contributed by atoms with van der Waals surface area (Å²) in [5.41, 5.74) is 0. The first-order valence-corrected chi connectivity index (χ1v) is 15.1. The van der Waals surface area contributed by atoms with Crippen molar-refractivity contribution in [2.45, 2.75) is 0 Å². The van der Waals surface area contributed by atoms with Gasteiger partial charge >= 0.3 is 0 Å². The van der Waals surface area contributed by atoms with Gasteiger partial charge in [0.05, 0.1) is 0 Å². The molecule has 210 valence electrons. The van der Waals surface area contributed by atoms with E-state index in [9.17, 15) is 4.80 Å². The predicted molar refractivity (Wildman–Crippen MR) is 171 cm³/mol. The van der Waals surface area contributed by atoms with Crippen LogP contribution < -0.4 is 15.6 Å². The fraction of sp³-hybridized carbons (Fsp3) is 0. The Kier molecular flexibility index (Phi) is 15.2. The Morgan fingerprint density at radius 1 is 0.286 bits per heavy atom. The number of aromatic hydroxyl groups is 3. The van der Waals surface area contributed by atoms with Gasteiger partial charge in [0.2, 0.25) is 0 Å². The molecule has 0 aromatic heterocycles. The van der Waals surface area contributed by atoms with Crippen LogP contribution in [-0.2, 0) is 21.7 Å². The molecule has 0 saturated carbocycles. The van der Waals surface area contributed by atoms with E-state index in [0.29, 0.717) is 17.2 Å². The van der Waals surface area contributed by atoms with Gasteiger partial charge in [-0.1, -0.05) is 146 Å². The molecule has 0 atom stereocenters. The fourth-order valence-electron chi connectivity index (χ4n) is 3.82. The average molecular weight is 607 g/mol. The Morgan fingerprint density at radius 3 is 0.595 bits per heavy atom. The van der Waals surface area contributed by atoms with Crippen molar-refractivity contribution in [1.82, 2.24) is 0 Å². The smallest absolute Gasteiger partial charge is 0.285 e. The number of hydrogen-bond donors (Lipinski definition) is 4. The summed E-state index contributed by atoms with van der Waals surface area (Å²) in [4.78, 5) is 11.6. The SMILES string of the molecule is O[Si](c1ccccc1)(c1ccccc1)c1ccccc1.Oc1ccccc1.Oc1ccccc1.Oc1ccccc1.[Ti]. The maximum absolute atomic E-state index is 11.6. The zero-order valence-electron chi connectivity index (χ0n) is 23.1. The van der Waals surface area contributed by atoms with Gasteiger partial charge in [0.25, 0.3) is 8.32 Å². The van der Waals surface area contributed by atoms with Crippen LogP contribution in [0.5, 0.6) is 17.2 Å². The molecule has 6 rings (SSSR count). The summed E-state index contributed by atoms with van der Waals surface area (Å²) in [5, 5.41) is 28.9. The first-order chi connectivity index (χ1) is 20.0. The van der Waals surface area contributed by atoms with Gasteiger partial charge in [0, 0.05) is 21.7 Å². The quantitative estimate of drug-likeness (QED) is 0.151. The second-order valence-corrected chi connectivity index (χ2v) is 12.0. The zero-order valence-corrected chi connectivity index (χ0v) is 25.7. The minimum absolute atomic E-state index is 0. The monoisotopic (exact) mass is 606 g/mol. The molecule has 0 aliphatic heterocycles. The van der Waals surface area contributed by atoms with Crippen molar-refractivity contribution in [2.24, 2.45) is 0 Å². The van der Waals surface area contributed by atoms with E-state index in [1.165, 1.54) is 0 Å². The van der Waals surface area contributed by atoms with Gasteiger partial charge in [-0.2, -0.15) is 0 Å². The van der Waals surface area contributed by atoms with Crippen LogP contribution in [-0.4, -0.2) is 28.4 Å². The molecule has 42 heavy (non-hydrogen) atoms. The van der Waals surface area contributed by atoms with Crippen molar-refractivity contribution in [1.29, 1.82) is 0 Å². The van der Waals surface area contributed by atoms with Crippen LogP contribution in [0.25, 0.3) is 0 Å². The first-order valence-electron chi connectivity index (χ1n) is 13.1. The summed E-state index contributed by atoms with van der Waals surface area (Å²) < 4.78 is 0. The van der Waals surface area contributed by atoms with Crippen LogP contribution in [0.1, 0.15) is 0 Å². The molecule has 6 aromatic rings. The van der Waals surface area contributed by atoms with Crippen molar-refractivity contribution in [3.05, 3.63) is 182 Å². The molecule has 6 aromatic carbocycles. The standard InChI is InChI=1S/C18H16OSi.3C6H6O.Ti/c19-20(16-10-4-1-5-11-16,17-12-6-2-7-13-17)18-14-8-3-9-15-18;3*7-6-4-2-1-3-5-6;/h1-15,19H;3*1-5,7H;. The van der Waals surface area contributed by atoms with Crippen LogP contribution >= 0.6 is 0 Å². The summed E-state index contributed by atoms with van der Waals surface area (Å²) in [6.07, 6.45) is 0. The number of phenolic OH excluding ortho intramolecular Hbond substituents is 3. The number of para-hydroxylation sites is 3. The normalized spacial score (nSPS) is 9.64. The largest absolute Gasteiger partial charge is 0.508 e. The topological polar surface area (TPSA) is 80.9 Å². The summed E-state index contributed by atoms with van der Waals surface area (Å²) in [6.45, 7) is 0. The molecule has 0 aliphatic rings. The van der Waals surface area contributed by atoms with Gasteiger partial charge < -0.3 is 20.1 Å². The molecule has 0 saturated heterocycles. The molecule has 0 heterocycles. The van der Waals surface area contributed by atoms with Gasteiger partial charge in [-0.25, -0.2) is 0 Å². The van der Waals surface area contributed by atoms with E-state index in [4.69, 9.17) is 15.3 Å². The third kappa shape index (κ3) is 11.2. The van der Waals surface area contributed by atoms with Crippen molar-refractivity contribution >= 4 is 23.9 Å². The fourth-order valence-corrected chi connectivity index (χ4v) is 6.85. The minimum Gasteiger partial charge on any atom is -0.508 e. The van der Waals surface area contributed by atoms with Gasteiger partial charge in [-0.3, -0.25) is 0 Å². The summed E-state index contributed by atoms with van der Waals surface area (Å²) in [6, 6.07) is 56.1. The van der Waals surface area contributed by atoms with Gasteiger partial charge in [0.1, 0.15) is 17.2 Å². The molecular formula is C36H34O4SiTi. The van der Waals surface area contributed by atoms with Crippen LogP contribution in [0.3, 0.4) is 0 Å². The Balaban J connectivity index is 0.000000229. The maximum atomic E-state index is 11.6. The molecule has 4 N–H and O–H groups in total.